The fourth-order valence-electron chi connectivity index (χ4n) is 2.89. The summed E-state index contributed by atoms with van der Waals surface area (Å²) in [6, 6.07) is 6.83. The molecular formula is C18H12BrN3O3S2. The summed E-state index contributed by atoms with van der Waals surface area (Å²) in [6.45, 7) is 4.41. The number of aromatic nitrogens is 3. The van der Waals surface area contributed by atoms with Crippen molar-refractivity contribution in [3.05, 3.63) is 78.0 Å². The Morgan fingerprint density at radius 2 is 2.15 bits per heavy atom. The Hall–Kier alpha value is -2.36. The van der Waals surface area contributed by atoms with E-state index in [-0.39, 0.29) is 12.1 Å². The largest absolute Gasteiger partial charge is 0.423 e. The predicted molar refractivity (Wildman–Crippen MR) is 112 cm³/mol. The second-order valence-electron chi connectivity index (χ2n) is 5.83. The summed E-state index contributed by atoms with van der Waals surface area (Å²) in [5.41, 5.74) is 1.03. The number of thiazole rings is 1. The van der Waals surface area contributed by atoms with Gasteiger partial charge in [0.2, 0.25) is 0 Å². The van der Waals surface area contributed by atoms with Gasteiger partial charge in [-0.1, -0.05) is 33.3 Å². The molecule has 27 heavy (non-hydrogen) atoms. The zero-order valence-corrected chi connectivity index (χ0v) is 17.1. The maximum absolute atomic E-state index is 12.9. The molecule has 1 aromatic carbocycles. The van der Waals surface area contributed by atoms with Crippen molar-refractivity contribution in [1.29, 1.82) is 0 Å². The van der Waals surface area contributed by atoms with Crippen molar-refractivity contribution in [2.24, 2.45) is 0 Å². The van der Waals surface area contributed by atoms with Gasteiger partial charge in [-0.3, -0.25) is 9.36 Å². The van der Waals surface area contributed by atoms with Crippen molar-refractivity contribution in [3.8, 4) is 0 Å². The van der Waals surface area contributed by atoms with Crippen molar-refractivity contribution in [3.63, 3.8) is 0 Å². The van der Waals surface area contributed by atoms with Gasteiger partial charge in [0.15, 0.2) is 9.60 Å². The average molecular weight is 462 g/mol. The van der Waals surface area contributed by atoms with Crippen molar-refractivity contribution in [2.75, 3.05) is 0 Å². The molecule has 3 aromatic heterocycles. The van der Waals surface area contributed by atoms with Gasteiger partial charge in [-0.05, 0) is 36.0 Å². The van der Waals surface area contributed by atoms with Gasteiger partial charge in [-0.25, -0.2) is 9.78 Å². The first-order chi connectivity index (χ1) is 13.0. The van der Waals surface area contributed by atoms with Crippen molar-refractivity contribution in [2.45, 2.75) is 13.1 Å². The van der Waals surface area contributed by atoms with E-state index >= 15 is 0 Å². The van der Waals surface area contributed by atoms with Crippen LogP contribution in [0.25, 0.3) is 21.3 Å². The summed E-state index contributed by atoms with van der Waals surface area (Å²) in [7, 11) is 0. The molecule has 0 saturated heterocycles. The third-order valence-corrected chi connectivity index (χ3v) is 6.01. The Balaban J connectivity index is 1.88. The normalized spacial score (nSPS) is 11.3. The lowest BCUT2D eigenvalue weighted by Gasteiger charge is -2.08. The molecule has 9 heteroatoms. The summed E-state index contributed by atoms with van der Waals surface area (Å²) >= 11 is 9.92. The molecule has 0 amide bonds. The smallest absolute Gasteiger partial charge is 0.336 e. The van der Waals surface area contributed by atoms with Crippen LogP contribution in [-0.2, 0) is 13.1 Å². The fraction of sp³-hybridized carbons (Fsp3) is 0.111. The summed E-state index contributed by atoms with van der Waals surface area (Å²) in [5, 5.41) is 0.765. The highest BCUT2D eigenvalue weighted by Gasteiger charge is 2.13. The second-order valence-corrected chi connectivity index (χ2v) is 8.39. The van der Waals surface area contributed by atoms with E-state index in [4.69, 9.17) is 16.6 Å². The molecule has 6 nitrogen and oxygen atoms in total. The van der Waals surface area contributed by atoms with E-state index in [1.807, 2.05) is 12.1 Å². The minimum absolute atomic E-state index is 0.197. The number of halogens is 1. The molecule has 4 rings (SSSR count). The van der Waals surface area contributed by atoms with E-state index in [2.05, 4.69) is 27.5 Å². The number of fused-ring (bicyclic) bond motifs is 2. The van der Waals surface area contributed by atoms with E-state index in [1.54, 1.807) is 16.7 Å². The minimum atomic E-state index is -0.467. The number of allylic oxidation sites excluding steroid dienone is 1. The molecule has 0 atom stereocenters. The maximum atomic E-state index is 12.9. The molecule has 0 spiro atoms. The molecule has 0 N–H and O–H groups in total. The zero-order valence-electron chi connectivity index (χ0n) is 13.8. The highest BCUT2D eigenvalue weighted by Crippen LogP contribution is 2.23. The van der Waals surface area contributed by atoms with E-state index in [9.17, 15) is 9.59 Å². The lowest BCUT2D eigenvalue weighted by atomic mass is 10.1. The van der Waals surface area contributed by atoms with Crippen molar-refractivity contribution >= 4 is 60.8 Å². The van der Waals surface area contributed by atoms with Crippen LogP contribution >= 0.6 is 39.5 Å². The minimum Gasteiger partial charge on any atom is -0.423 e. The Morgan fingerprint density at radius 3 is 2.93 bits per heavy atom. The lowest BCUT2D eigenvalue weighted by Crippen LogP contribution is -2.21. The predicted octanol–water partition coefficient (Wildman–Crippen LogP) is 4.09. The summed E-state index contributed by atoms with van der Waals surface area (Å²) in [4.78, 5) is 29.2. The Bertz CT molecular complexity index is 1380. The van der Waals surface area contributed by atoms with Crippen LogP contribution in [0.5, 0.6) is 0 Å². The van der Waals surface area contributed by atoms with E-state index in [1.165, 1.54) is 28.3 Å². The summed E-state index contributed by atoms with van der Waals surface area (Å²) < 4.78 is 10.4. The van der Waals surface area contributed by atoms with Crippen LogP contribution < -0.4 is 11.2 Å². The van der Waals surface area contributed by atoms with Gasteiger partial charge in [-0.15, -0.1) is 6.58 Å². The lowest BCUT2D eigenvalue weighted by molar-refractivity contribution is 0.557. The topological polar surface area (TPSA) is 70.0 Å². The third kappa shape index (κ3) is 3.22. The first-order valence-corrected chi connectivity index (χ1v) is 9.91. The summed E-state index contributed by atoms with van der Waals surface area (Å²) in [5.74, 6) is 0. The highest BCUT2D eigenvalue weighted by molar-refractivity contribution is 9.10. The molecule has 0 saturated carbocycles. The molecule has 0 aliphatic carbocycles. The molecule has 0 fully saturated rings. The molecule has 4 aromatic rings. The van der Waals surface area contributed by atoms with E-state index in [0.29, 0.717) is 32.0 Å². The zero-order chi connectivity index (χ0) is 19.1. The monoisotopic (exact) mass is 461 g/mol. The average Bonchev–Trinajstić information content (AvgIpc) is 2.94. The van der Waals surface area contributed by atoms with Crippen LogP contribution in [0, 0.1) is 3.95 Å². The van der Waals surface area contributed by atoms with Gasteiger partial charge in [0.25, 0.3) is 5.56 Å². The number of hydrogen-bond acceptors (Lipinski definition) is 6. The molecular weight excluding hydrogens is 450 g/mol. The second kappa shape index (κ2) is 6.99. The van der Waals surface area contributed by atoms with Crippen LogP contribution in [0.2, 0.25) is 0 Å². The van der Waals surface area contributed by atoms with E-state index in [0.717, 1.165) is 9.86 Å². The van der Waals surface area contributed by atoms with Gasteiger partial charge in [0, 0.05) is 22.5 Å². The molecule has 0 bridgehead atoms. The third-order valence-electron chi connectivity index (χ3n) is 4.09. The highest BCUT2D eigenvalue weighted by atomic mass is 79.9. The van der Waals surface area contributed by atoms with Crippen LogP contribution in [0.15, 0.2) is 61.7 Å². The molecule has 0 aliphatic rings. The molecule has 0 aliphatic heterocycles. The van der Waals surface area contributed by atoms with E-state index < -0.39 is 5.63 Å². The van der Waals surface area contributed by atoms with Crippen LogP contribution in [-0.4, -0.2) is 14.1 Å². The van der Waals surface area contributed by atoms with Gasteiger partial charge >= 0.3 is 5.63 Å². The first-order valence-electron chi connectivity index (χ1n) is 7.90. The standard InChI is InChI=1S/C18H12BrN3O3S2/c1-2-5-22-16-15(27-18(22)26)17(24)21(9-20-16)8-10-6-14(23)25-13-7-11(19)3-4-12(10)13/h2-4,6-7,9H,1,5,8H2. The Kier molecular flexibility index (Phi) is 4.67. The van der Waals surface area contributed by atoms with Crippen molar-refractivity contribution in [1.82, 2.24) is 14.1 Å². The Morgan fingerprint density at radius 1 is 1.33 bits per heavy atom. The molecule has 0 radical (unpaired) electrons. The van der Waals surface area contributed by atoms with Crippen LogP contribution in [0.4, 0.5) is 0 Å². The van der Waals surface area contributed by atoms with Crippen LogP contribution in [0.3, 0.4) is 0 Å². The number of hydrogen-bond donors (Lipinski definition) is 0. The first kappa shape index (κ1) is 18.0. The van der Waals surface area contributed by atoms with Crippen LogP contribution in [0.1, 0.15) is 5.56 Å². The number of nitrogens with zero attached hydrogens (tertiary/aromatic N) is 3. The number of benzene rings is 1. The summed E-state index contributed by atoms with van der Waals surface area (Å²) in [6.07, 6.45) is 3.19. The SMILES string of the molecule is C=CCn1c(=S)sc2c(=O)n(Cc3cc(=O)oc4cc(Br)ccc34)cnc21. The fourth-order valence-corrected chi connectivity index (χ4v) is 4.55. The van der Waals surface area contributed by atoms with Gasteiger partial charge < -0.3 is 8.98 Å². The van der Waals surface area contributed by atoms with Crippen molar-refractivity contribution < 1.29 is 4.42 Å². The molecule has 3 heterocycles. The van der Waals surface area contributed by atoms with Gasteiger partial charge in [0.05, 0.1) is 6.54 Å². The maximum Gasteiger partial charge on any atom is 0.336 e. The quantitative estimate of drug-likeness (QED) is 0.260. The molecule has 0 unspecified atom stereocenters. The number of rotatable bonds is 4. The van der Waals surface area contributed by atoms with Gasteiger partial charge in [-0.2, -0.15) is 0 Å². The van der Waals surface area contributed by atoms with Gasteiger partial charge in [0.1, 0.15) is 16.6 Å². The molecule has 136 valence electrons. The Labute approximate surface area is 170 Å².